The highest BCUT2D eigenvalue weighted by Gasteiger charge is 2.15. The van der Waals surface area contributed by atoms with Crippen LogP contribution in [0, 0.1) is 11.6 Å². The lowest BCUT2D eigenvalue weighted by molar-refractivity contribution is 0.318. The maximum atomic E-state index is 14.0. The van der Waals surface area contributed by atoms with Gasteiger partial charge >= 0.3 is 0 Å². The molecule has 3 N–H and O–H groups in total. The Bertz CT molecular complexity index is 702. The molecule has 2 rings (SSSR count). The Morgan fingerprint density at radius 1 is 1.10 bits per heavy atom. The third kappa shape index (κ3) is 3.58. The second-order valence-corrected chi connectivity index (χ2v) is 5.83. The van der Waals surface area contributed by atoms with Gasteiger partial charge in [0.15, 0.2) is 5.84 Å². The van der Waals surface area contributed by atoms with Crippen LogP contribution in [0.3, 0.4) is 0 Å². The molecule has 0 spiro atoms. The third-order valence-electron chi connectivity index (χ3n) is 2.51. The van der Waals surface area contributed by atoms with Crippen molar-refractivity contribution >= 4 is 40.8 Å². The molecule has 0 unspecified atom stereocenters. The van der Waals surface area contributed by atoms with Crippen LogP contribution in [0.25, 0.3) is 0 Å². The Morgan fingerprint density at radius 2 is 1.71 bits per heavy atom. The predicted octanol–water partition coefficient (Wildman–Crippen LogP) is 4.52. The van der Waals surface area contributed by atoms with Gasteiger partial charge in [0.25, 0.3) is 0 Å². The molecular weight excluding hydrogens is 341 g/mol. The molecule has 0 heterocycles. The van der Waals surface area contributed by atoms with Crippen LogP contribution >= 0.6 is 35.0 Å². The first kappa shape index (κ1) is 15.9. The Kier molecular flexibility index (Phi) is 4.92. The van der Waals surface area contributed by atoms with Crippen molar-refractivity contribution in [2.45, 2.75) is 9.79 Å². The number of rotatable bonds is 3. The van der Waals surface area contributed by atoms with E-state index >= 15 is 0 Å². The van der Waals surface area contributed by atoms with Crippen LogP contribution in [-0.4, -0.2) is 11.0 Å². The topological polar surface area (TPSA) is 58.6 Å². The second kappa shape index (κ2) is 6.51. The van der Waals surface area contributed by atoms with Crippen LogP contribution in [-0.2, 0) is 0 Å². The summed E-state index contributed by atoms with van der Waals surface area (Å²) in [7, 11) is 0. The van der Waals surface area contributed by atoms with E-state index in [0.717, 1.165) is 23.9 Å². The Balaban J connectivity index is 2.38. The number of amidine groups is 1. The normalized spacial score (nSPS) is 11.7. The van der Waals surface area contributed by atoms with Gasteiger partial charge in [0.1, 0.15) is 11.6 Å². The van der Waals surface area contributed by atoms with Gasteiger partial charge in [-0.2, -0.15) is 0 Å². The minimum atomic E-state index is -0.826. The van der Waals surface area contributed by atoms with Crippen molar-refractivity contribution in [2.24, 2.45) is 10.9 Å². The smallest absolute Gasteiger partial charge is 0.170 e. The summed E-state index contributed by atoms with van der Waals surface area (Å²) >= 11 is 12.5. The molecule has 2 aromatic carbocycles. The average molecular weight is 349 g/mol. The summed E-state index contributed by atoms with van der Waals surface area (Å²) in [5.74, 6) is -2.03. The molecule has 0 saturated carbocycles. The van der Waals surface area contributed by atoms with Crippen molar-refractivity contribution in [1.29, 1.82) is 0 Å². The summed E-state index contributed by atoms with van der Waals surface area (Å²) in [6.45, 7) is 0. The zero-order chi connectivity index (χ0) is 15.6. The van der Waals surface area contributed by atoms with E-state index in [9.17, 15) is 8.78 Å². The Morgan fingerprint density at radius 3 is 2.24 bits per heavy atom. The number of halogens is 4. The fraction of sp³-hybridized carbons (Fsp3) is 0. The van der Waals surface area contributed by atoms with Gasteiger partial charge in [-0.3, -0.25) is 0 Å². The van der Waals surface area contributed by atoms with E-state index in [1.165, 1.54) is 12.1 Å². The van der Waals surface area contributed by atoms with Gasteiger partial charge in [-0.1, -0.05) is 40.1 Å². The van der Waals surface area contributed by atoms with Crippen LogP contribution in [0.2, 0.25) is 10.0 Å². The molecule has 8 heteroatoms. The van der Waals surface area contributed by atoms with E-state index in [4.69, 9.17) is 34.1 Å². The minimum absolute atomic E-state index is 0.0500. The lowest BCUT2D eigenvalue weighted by Crippen LogP contribution is -2.14. The number of benzene rings is 2. The molecule has 3 nitrogen and oxygen atoms in total. The van der Waals surface area contributed by atoms with Gasteiger partial charge in [0, 0.05) is 10.5 Å². The number of hydrogen-bond acceptors (Lipinski definition) is 3. The molecule has 0 radical (unpaired) electrons. The van der Waals surface area contributed by atoms with Crippen LogP contribution in [0.4, 0.5) is 8.78 Å². The second-order valence-electron chi connectivity index (χ2n) is 3.93. The molecule has 0 saturated heterocycles. The van der Waals surface area contributed by atoms with Crippen LogP contribution < -0.4 is 5.73 Å². The SMILES string of the molecule is N/C(=N/O)c1cc(F)c(Sc2ccc(Cl)c(Cl)c2)c(F)c1. The highest BCUT2D eigenvalue weighted by molar-refractivity contribution is 7.99. The van der Waals surface area contributed by atoms with E-state index in [2.05, 4.69) is 5.16 Å². The molecule has 0 bridgehead atoms. The standard InChI is InChI=1S/C13H8Cl2F2N2OS/c14-8-2-1-7(5-9(8)15)21-12-10(16)3-6(4-11(12)17)13(18)19-20/h1-5,20H,(H2,18,19). The van der Waals surface area contributed by atoms with Crippen LogP contribution in [0.1, 0.15) is 5.56 Å². The van der Waals surface area contributed by atoms with E-state index in [1.807, 2.05) is 0 Å². The van der Waals surface area contributed by atoms with Gasteiger partial charge in [-0.15, -0.1) is 0 Å². The lowest BCUT2D eigenvalue weighted by Gasteiger charge is -2.08. The summed E-state index contributed by atoms with van der Waals surface area (Å²) in [6, 6.07) is 6.60. The van der Waals surface area contributed by atoms with Crippen molar-refractivity contribution in [2.75, 3.05) is 0 Å². The molecular formula is C13H8Cl2F2N2OS. The summed E-state index contributed by atoms with van der Waals surface area (Å²) < 4.78 is 27.9. The van der Waals surface area contributed by atoms with Gasteiger partial charge in [0.05, 0.1) is 14.9 Å². The molecule has 0 aliphatic carbocycles. The maximum absolute atomic E-state index is 14.0. The minimum Gasteiger partial charge on any atom is -0.409 e. The molecule has 0 amide bonds. The molecule has 0 aliphatic heterocycles. The van der Waals surface area contributed by atoms with E-state index < -0.39 is 11.6 Å². The number of nitrogens with zero attached hydrogens (tertiary/aromatic N) is 1. The van der Waals surface area contributed by atoms with Crippen molar-refractivity contribution < 1.29 is 14.0 Å². The third-order valence-corrected chi connectivity index (χ3v) is 4.34. The van der Waals surface area contributed by atoms with Gasteiger partial charge in [-0.05, 0) is 30.3 Å². The molecule has 21 heavy (non-hydrogen) atoms. The Labute approximate surface area is 133 Å². The van der Waals surface area contributed by atoms with Crippen molar-refractivity contribution in [3.63, 3.8) is 0 Å². The maximum Gasteiger partial charge on any atom is 0.170 e. The molecule has 0 atom stereocenters. The molecule has 0 aromatic heterocycles. The first-order valence-corrected chi connectivity index (χ1v) is 7.09. The Hall–Kier alpha value is -1.50. The zero-order valence-corrected chi connectivity index (χ0v) is 12.6. The molecule has 0 aliphatic rings. The van der Waals surface area contributed by atoms with Crippen LogP contribution in [0.15, 0.2) is 45.3 Å². The average Bonchev–Trinajstić information content (AvgIpc) is 2.45. The fourth-order valence-corrected chi connectivity index (χ4v) is 2.75. The molecule has 110 valence electrons. The van der Waals surface area contributed by atoms with Gasteiger partial charge in [0.2, 0.25) is 0 Å². The van der Waals surface area contributed by atoms with Gasteiger partial charge in [-0.25, -0.2) is 8.78 Å². The summed E-state index contributed by atoms with van der Waals surface area (Å²) in [5.41, 5.74) is 5.25. The summed E-state index contributed by atoms with van der Waals surface area (Å²) in [6.07, 6.45) is 0. The van der Waals surface area contributed by atoms with Crippen molar-refractivity contribution in [3.8, 4) is 0 Å². The highest BCUT2D eigenvalue weighted by Crippen LogP contribution is 2.35. The monoisotopic (exact) mass is 348 g/mol. The fourth-order valence-electron chi connectivity index (χ4n) is 1.52. The van der Waals surface area contributed by atoms with Crippen molar-refractivity contribution in [1.82, 2.24) is 0 Å². The van der Waals surface area contributed by atoms with E-state index in [0.29, 0.717) is 9.92 Å². The summed E-state index contributed by atoms with van der Waals surface area (Å²) in [5, 5.41) is 11.9. The van der Waals surface area contributed by atoms with Crippen molar-refractivity contribution in [3.05, 3.63) is 57.6 Å². The van der Waals surface area contributed by atoms with Gasteiger partial charge < -0.3 is 10.9 Å². The largest absolute Gasteiger partial charge is 0.409 e. The lowest BCUT2D eigenvalue weighted by atomic mass is 10.2. The van der Waals surface area contributed by atoms with E-state index in [1.54, 1.807) is 6.07 Å². The first-order chi connectivity index (χ1) is 9.92. The number of hydrogen-bond donors (Lipinski definition) is 2. The highest BCUT2D eigenvalue weighted by atomic mass is 35.5. The number of nitrogens with two attached hydrogens (primary N) is 1. The molecule has 0 fully saturated rings. The number of oxime groups is 1. The van der Waals surface area contributed by atoms with E-state index in [-0.39, 0.29) is 21.3 Å². The predicted molar refractivity (Wildman–Crippen MR) is 79.5 cm³/mol. The zero-order valence-electron chi connectivity index (χ0n) is 10.3. The quantitative estimate of drug-likeness (QED) is 0.371. The summed E-state index contributed by atoms with van der Waals surface area (Å²) in [4.78, 5) is 0.307. The van der Waals surface area contributed by atoms with Crippen LogP contribution in [0.5, 0.6) is 0 Å². The molecule has 2 aromatic rings. The first-order valence-electron chi connectivity index (χ1n) is 5.52.